The van der Waals surface area contributed by atoms with Crippen LogP contribution in [-0.4, -0.2) is 18.5 Å². The summed E-state index contributed by atoms with van der Waals surface area (Å²) in [4.78, 5) is 11.7. The number of nitrogens with one attached hydrogen (secondary N) is 1. The largest absolute Gasteiger partial charge is 0.355 e. The fraction of sp³-hybridized carbons (Fsp3) is 0.533. The third-order valence-corrected chi connectivity index (χ3v) is 3.04. The number of halogens is 1. The summed E-state index contributed by atoms with van der Waals surface area (Å²) in [5.41, 5.74) is 6.69. The highest BCUT2D eigenvalue weighted by atomic mass is 19.1. The molecule has 0 aliphatic carbocycles. The third kappa shape index (κ3) is 6.34. The zero-order valence-electron chi connectivity index (χ0n) is 11.5. The summed E-state index contributed by atoms with van der Waals surface area (Å²) < 4.78 is 12.7. The van der Waals surface area contributed by atoms with E-state index in [0.717, 1.165) is 18.4 Å². The molecule has 0 aliphatic rings. The predicted octanol–water partition coefficient (Wildman–Crippen LogP) is 2.39. The van der Waals surface area contributed by atoms with Gasteiger partial charge in [0.2, 0.25) is 5.91 Å². The Labute approximate surface area is 114 Å². The van der Waals surface area contributed by atoms with Crippen LogP contribution in [0.3, 0.4) is 0 Å². The number of hydrogen-bond acceptors (Lipinski definition) is 2. The maximum Gasteiger partial charge on any atom is 0.237 e. The van der Waals surface area contributed by atoms with Gasteiger partial charge in [-0.2, -0.15) is 0 Å². The molecule has 19 heavy (non-hydrogen) atoms. The summed E-state index contributed by atoms with van der Waals surface area (Å²) in [6.45, 7) is 2.83. The monoisotopic (exact) mass is 266 g/mol. The number of rotatable bonds is 8. The van der Waals surface area contributed by atoms with Crippen molar-refractivity contribution in [3.8, 4) is 0 Å². The van der Waals surface area contributed by atoms with Gasteiger partial charge in [-0.1, -0.05) is 38.3 Å². The van der Waals surface area contributed by atoms with Crippen LogP contribution in [0, 0.1) is 5.82 Å². The summed E-state index contributed by atoms with van der Waals surface area (Å²) in [6, 6.07) is 5.50. The molecule has 3 N–H and O–H groups in total. The zero-order chi connectivity index (χ0) is 14.1. The molecule has 0 aliphatic heterocycles. The van der Waals surface area contributed by atoms with Gasteiger partial charge in [-0.25, -0.2) is 4.39 Å². The van der Waals surface area contributed by atoms with E-state index in [1.165, 1.54) is 25.0 Å². The van der Waals surface area contributed by atoms with Crippen molar-refractivity contribution in [1.82, 2.24) is 5.32 Å². The van der Waals surface area contributed by atoms with Crippen LogP contribution in [0.1, 0.15) is 38.2 Å². The highest BCUT2D eigenvalue weighted by molar-refractivity contribution is 5.81. The van der Waals surface area contributed by atoms with Gasteiger partial charge in [-0.3, -0.25) is 4.79 Å². The Morgan fingerprint density at radius 1 is 1.26 bits per heavy atom. The van der Waals surface area contributed by atoms with Crippen LogP contribution in [0.25, 0.3) is 0 Å². The number of amides is 1. The number of unbranched alkanes of at least 4 members (excludes halogenated alkanes) is 3. The van der Waals surface area contributed by atoms with Gasteiger partial charge in [0.05, 0.1) is 6.04 Å². The molecule has 3 nitrogen and oxygen atoms in total. The Morgan fingerprint density at radius 2 is 1.95 bits per heavy atom. The van der Waals surface area contributed by atoms with E-state index in [2.05, 4.69) is 12.2 Å². The van der Waals surface area contributed by atoms with Crippen LogP contribution in [0.4, 0.5) is 4.39 Å². The second kappa shape index (κ2) is 8.64. The van der Waals surface area contributed by atoms with E-state index >= 15 is 0 Å². The zero-order valence-corrected chi connectivity index (χ0v) is 11.5. The van der Waals surface area contributed by atoms with Crippen molar-refractivity contribution >= 4 is 5.91 Å². The Kier molecular flexibility index (Phi) is 7.11. The molecule has 1 aromatic carbocycles. The van der Waals surface area contributed by atoms with Crippen molar-refractivity contribution in [3.63, 3.8) is 0 Å². The molecule has 1 aromatic rings. The third-order valence-electron chi connectivity index (χ3n) is 3.04. The molecular formula is C15H23FN2O. The SMILES string of the molecule is CCCCCCNC(=O)[C@@H](N)Cc1ccc(F)cc1. The maximum atomic E-state index is 12.7. The van der Waals surface area contributed by atoms with E-state index in [1.807, 2.05) is 0 Å². The molecule has 0 spiro atoms. The van der Waals surface area contributed by atoms with Gasteiger partial charge in [-0.15, -0.1) is 0 Å². The second-order valence-corrected chi connectivity index (χ2v) is 4.79. The van der Waals surface area contributed by atoms with Gasteiger partial charge in [0, 0.05) is 6.54 Å². The van der Waals surface area contributed by atoms with Crippen LogP contribution in [0.2, 0.25) is 0 Å². The van der Waals surface area contributed by atoms with Crippen LogP contribution in [0.5, 0.6) is 0 Å². The molecule has 4 heteroatoms. The normalized spacial score (nSPS) is 12.2. The number of hydrogen-bond donors (Lipinski definition) is 2. The average molecular weight is 266 g/mol. The molecule has 0 fully saturated rings. The lowest BCUT2D eigenvalue weighted by atomic mass is 10.1. The Balaban J connectivity index is 2.26. The Bertz CT molecular complexity index is 378. The summed E-state index contributed by atoms with van der Waals surface area (Å²) >= 11 is 0. The smallest absolute Gasteiger partial charge is 0.237 e. The standard InChI is InChI=1S/C15H23FN2O/c1-2-3-4-5-10-18-15(19)14(17)11-12-6-8-13(16)9-7-12/h6-9,14H,2-5,10-11,17H2,1H3,(H,18,19)/t14-/m0/s1. The molecule has 0 radical (unpaired) electrons. The summed E-state index contributed by atoms with van der Waals surface area (Å²) in [6.07, 6.45) is 4.92. The second-order valence-electron chi connectivity index (χ2n) is 4.79. The topological polar surface area (TPSA) is 55.1 Å². The quantitative estimate of drug-likeness (QED) is 0.710. The Morgan fingerprint density at radius 3 is 2.58 bits per heavy atom. The molecule has 1 atom stereocenters. The van der Waals surface area contributed by atoms with Crippen LogP contribution in [0.15, 0.2) is 24.3 Å². The minimum atomic E-state index is -0.573. The molecule has 0 saturated carbocycles. The van der Waals surface area contributed by atoms with Gasteiger partial charge in [0.25, 0.3) is 0 Å². The first-order valence-electron chi connectivity index (χ1n) is 6.91. The van der Waals surface area contributed by atoms with Crippen molar-refractivity contribution in [1.29, 1.82) is 0 Å². The van der Waals surface area contributed by atoms with Crippen molar-refractivity contribution in [2.75, 3.05) is 6.54 Å². The van der Waals surface area contributed by atoms with Crippen molar-refractivity contribution in [2.24, 2.45) is 5.73 Å². The molecule has 0 aromatic heterocycles. The van der Waals surface area contributed by atoms with Crippen LogP contribution < -0.4 is 11.1 Å². The molecular weight excluding hydrogens is 243 g/mol. The highest BCUT2D eigenvalue weighted by Crippen LogP contribution is 2.05. The molecule has 106 valence electrons. The maximum absolute atomic E-state index is 12.7. The van der Waals surface area contributed by atoms with Crippen molar-refractivity contribution < 1.29 is 9.18 Å². The van der Waals surface area contributed by atoms with Gasteiger partial charge in [-0.05, 0) is 30.5 Å². The lowest BCUT2D eigenvalue weighted by Crippen LogP contribution is -2.42. The number of carbonyl (C=O) groups is 1. The van der Waals surface area contributed by atoms with E-state index in [1.54, 1.807) is 12.1 Å². The van der Waals surface area contributed by atoms with Crippen molar-refractivity contribution in [3.05, 3.63) is 35.6 Å². The number of nitrogens with two attached hydrogens (primary N) is 1. The first-order chi connectivity index (χ1) is 9.13. The summed E-state index contributed by atoms with van der Waals surface area (Å²) in [5, 5.41) is 2.83. The van der Waals surface area contributed by atoms with Crippen molar-refractivity contribution in [2.45, 2.75) is 45.1 Å². The minimum absolute atomic E-state index is 0.138. The fourth-order valence-electron chi connectivity index (χ4n) is 1.86. The molecule has 0 bridgehead atoms. The molecule has 0 saturated heterocycles. The molecule has 0 heterocycles. The fourth-order valence-corrected chi connectivity index (χ4v) is 1.86. The van der Waals surface area contributed by atoms with E-state index < -0.39 is 6.04 Å². The van der Waals surface area contributed by atoms with Gasteiger partial charge < -0.3 is 11.1 Å². The molecule has 1 rings (SSSR count). The van der Waals surface area contributed by atoms with Gasteiger partial charge in [0.15, 0.2) is 0 Å². The number of benzene rings is 1. The summed E-state index contributed by atoms with van der Waals surface area (Å²) in [7, 11) is 0. The van der Waals surface area contributed by atoms with Crippen LogP contribution >= 0.6 is 0 Å². The van der Waals surface area contributed by atoms with E-state index in [0.29, 0.717) is 13.0 Å². The molecule has 1 amide bonds. The van der Waals surface area contributed by atoms with Gasteiger partial charge >= 0.3 is 0 Å². The number of carbonyl (C=O) groups excluding carboxylic acids is 1. The first kappa shape index (κ1) is 15.6. The lowest BCUT2D eigenvalue weighted by molar-refractivity contribution is -0.122. The van der Waals surface area contributed by atoms with Crippen LogP contribution in [-0.2, 0) is 11.2 Å². The lowest BCUT2D eigenvalue weighted by Gasteiger charge is -2.12. The minimum Gasteiger partial charge on any atom is -0.355 e. The van der Waals surface area contributed by atoms with E-state index in [9.17, 15) is 9.18 Å². The van der Waals surface area contributed by atoms with E-state index in [4.69, 9.17) is 5.73 Å². The molecule has 0 unspecified atom stereocenters. The average Bonchev–Trinajstić information content (AvgIpc) is 2.41. The summed E-state index contributed by atoms with van der Waals surface area (Å²) in [5.74, 6) is -0.418. The van der Waals surface area contributed by atoms with Gasteiger partial charge in [0.1, 0.15) is 5.82 Å². The predicted molar refractivity (Wildman–Crippen MR) is 75.2 cm³/mol. The highest BCUT2D eigenvalue weighted by Gasteiger charge is 2.13. The first-order valence-corrected chi connectivity index (χ1v) is 6.91. The van der Waals surface area contributed by atoms with E-state index in [-0.39, 0.29) is 11.7 Å². The Hall–Kier alpha value is -1.42.